The molecule has 0 unspecified atom stereocenters. The molecule has 0 N–H and O–H groups in total. The highest BCUT2D eigenvalue weighted by molar-refractivity contribution is 4.97. The summed E-state index contributed by atoms with van der Waals surface area (Å²) in [6, 6.07) is 2.03. The second-order valence-electron chi connectivity index (χ2n) is 6.89. The summed E-state index contributed by atoms with van der Waals surface area (Å²) in [5, 5.41) is 0. The van der Waals surface area contributed by atoms with Crippen LogP contribution in [0.2, 0.25) is 0 Å². The zero-order chi connectivity index (χ0) is 17.1. The molecule has 2 heteroatoms. The zero-order valence-corrected chi connectivity index (χ0v) is 15.9. The molecule has 0 atom stereocenters. The van der Waals surface area contributed by atoms with Gasteiger partial charge in [0.1, 0.15) is 6.33 Å². The van der Waals surface area contributed by atoms with Gasteiger partial charge in [0, 0.05) is 11.9 Å². The fourth-order valence-electron chi connectivity index (χ4n) is 3.02. The maximum Gasteiger partial charge on any atom is 0.115 e. The van der Waals surface area contributed by atoms with Gasteiger partial charge >= 0.3 is 0 Å². The first-order valence-corrected chi connectivity index (χ1v) is 10.3. The predicted molar refractivity (Wildman–Crippen MR) is 105 cm³/mol. The Morgan fingerprint density at radius 3 is 1.92 bits per heavy atom. The number of unbranched alkanes of at least 4 members (excludes halogenated alkanes) is 12. The monoisotopic (exact) mass is 330 g/mol. The second kappa shape index (κ2) is 16.7. The molecule has 136 valence electrons. The molecule has 1 aromatic rings. The molecule has 24 heavy (non-hydrogen) atoms. The molecule has 0 saturated carbocycles. The Morgan fingerprint density at radius 1 is 0.750 bits per heavy atom. The Hall–Kier alpha value is -1.18. The van der Waals surface area contributed by atoms with E-state index < -0.39 is 0 Å². The van der Waals surface area contributed by atoms with Crippen LogP contribution in [-0.4, -0.2) is 9.97 Å². The van der Waals surface area contributed by atoms with Gasteiger partial charge in [-0.15, -0.1) is 0 Å². The van der Waals surface area contributed by atoms with Gasteiger partial charge in [-0.3, -0.25) is 0 Å². The molecule has 0 aliphatic heterocycles. The molecule has 0 aliphatic carbocycles. The highest BCUT2D eigenvalue weighted by Gasteiger charge is 1.94. The smallest absolute Gasteiger partial charge is 0.115 e. The normalized spacial score (nSPS) is 11.4. The van der Waals surface area contributed by atoms with Crippen LogP contribution in [0.25, 0.3) is 0 Å². The van der Waals surface area contributed by atoms with Gasteiger partial charge in [-0.1, -0.05) is 76.9 Å². The molecule has 2 nitrogen and oxygen atoms in total. The van der Waals surface area contributed by atoms with Crippen molar-refractivity contribution >= 4 is 0 Å². The zero-order valence-electron chi connectivity index (χ0n) is 15.9. The molecule has 0 fully saturated rings. The summed E-state index contributed by atoms with van der Waals surface area (Å²) < 4.78 is 0. The SMILES string of the molecule is CCCCCCCC/C=C\CCCCCCCCc1ccncn1. The van der Waals surface area contributed by atoms with Gasteiger partial charge in [0.05, 0.1) is 0 Å². The van der Waals surface area contributed by atoms with E-state index in [2.05, 4.69) is 29.0 Å². The summed E-state index contributed by atoms with van der Waals surface area (Å²) in [6.45, 7) is 2.28. The summed E-state index contributed by atoms with van der Waals surface area (Å²) in [5.74, 6) is 0. The third-order valence-electron chi connectivity index (χ3n) is 4.59. The molecule has 0 spiro atoms. The Balaban J connectivity index is 1.76. The average molecular weight is 331 g/mol. The topological polar surface area (TPSA) is 25.8 Å². The van der Waals surface area contributed by atoms with Crippen molar-refractivity contribution in [3.05, 3.63) is 36.4 Å². The van der Waals surface area contributed by atoms with Crippen molar-refractivity contribution < 1.29 is 0 Å². The fraction of sp³-hybridized carbons (Fsp3) is 0.727. The Labute approximate surface area is 150 Å². The first kappa shape index (κ1) is 20.9. The van der Waals surface area contributed by atoms with Crippen molar-refractivity contribution in [2.24, 2.45) is 0 Å². The summed E-state index contributed by atoms with van der Waals surface area (Å²) in [5.41, 5.74) is 1.18. The minimum atomic E-state index is 1.10. The third kappa shape index (κ3) is 13.3. The molecule has 0 saturated heterocycles. The van der Waals surface area contributed by atoms with Crippen LogP contribution in [0.3, 0.4) is 0 Å². The van der Waals surface area contributed by atoms with Crippen LogP contribution in [0.1, 0.15) is 103 Å². The number of hydrogen-bond donors (Lipinski definition) is 0. The van der Waals surface area contributed by atoms with Gasteiger partial charge in [0.15, 0.2) is 0 Å². The van der Waals surface area contributed by atoms with E-state index in [-0.39, 0.29) is 0 Å². The molecule has 1 aromatic heterocycles. The number of hydrogen-bond acceptors (Lipinski definition) is 2. The van der Waals surface area contributed by atoms with Crippen LogP contribution in [0.4, 0.5) is 0 Å². The molecular formula is C22H38N2. The lowest BCUT2D eigenvalue weighted by Gasteiger charge is -2.01. The first-order chi connectivity index (χ1) is 11.9. The van der Waals surface area contributed by atoms with Crippen LogP contribution in [0.5, 0.6) is 0 Å². The maximum atomic E-state index is 4.27. The van der Waals surface area contributed by atoms with Gasteiger partial charge in [0.25, 0.3) is 0 Å². The molecule has 1 rings (SSSR count). The van der Waals surface area contributed by atoms with Crippen LogP contribution < -0.4 is 0 Å². The molecule has 0 radical (unpaired) electrons. The Morgan fingerprint density at radius 2 is 1.33 bits per heavy atom. The highest BCUT2D eigenvalue weighted by atomic mass is 14.8. The fourth-order valence-corrected chi connectivity index (χ4v) is 3.02. The quantitative estimate of drug-likeness (QED) is 0.239. The van der Waals surface area contributed by atoms with Crippen molar-refractivity contribution in [1.29, 1.82) is 0 Å². The number of aromatic nitrogens is 2. The summed E-state index contributed by atoms with van der Waals surface area (Å²) in [4.78, 5) is 8.22. The second-order valence-corrected chi connectivity index (χ2v) is 6.89. The number of nitrogens with zero attached hydrogens (tertiary/aromatic N) is 2. The van der Waals surface area contributed by atoms with E-state index in [0.29, 0.717) is 0 Å². The molecule has 0 bridgehead atoms. The third-order valence-corrected chi connectivity index (χ3v) is 4.59. The maximum absolute atomic E-state index is 4.27. The summed E-state index contributed by atoms with van der Waals surface area (Å²) >= 11 is 0. The van der Waals surface area contributed by atoms with E-state index in [4.69, 9.17) is 0 Å². The molecular weight excluding hydrogens is 292 g/mol. The van der Waals surface area contributed by atoms with Crippen molar-refractivity contribution in [3.63, 3.8) is 0 Å². The largest absolute Gasteiger partial charge is 0.245 e. The average Bonchev–Trinajstić information content (AvgIpc) is 2.62. The lowest BCUT2D eigenvalue weighted by molar-refractivity contribution is 0.593. The van der Waals surface area contributed by atoms with E-state index >= 15 is 0 Å². The van der Waals surface area contributed by atoms with Gasteiger partial charge in [-0.25, -0.2) is 9.97 Å². The highest BCUT2D eigenvalue weighted by Crippen LogP contribution is 2.11. The number of allylic oxidation sites excluding steroid dienone is 2. The Kier molecular flexibility index (Phi) is 14.5. The number of aryl methyl sites for hydroxylation is 1. The summed E-state index contributed by atoms with van der Waals surface area (Å²) in [6.07, 6.45) is 28.5. The minimum absolute atomic E-state index is 1.10. The first-order valence-electron chi connectivity index (χ1n) is 10.3. The van der Waals surface area contributed by atoms with E-state index in [1.165, 1.54) is 95.6 Å². The van der Waals surface area contributed by atoms with E-state index in [0.717, 1.165) is 6.42 Å². The minimum Gasteiger partial charge on any atom is -0.245 e. The van der Waals surface area contributed by atoms with Gasteiger partial charge in [-0.05, 0) is 44.6 Å². The number of rotatable bonds is 16. The van der Waals surface area contributed by atoms with Gasteiger partial charge in [0.2, 0.25) is 0 Å². The van der Waals surface area contributed by atoms with E-state index in [1.807, 2.05) is 12.3 Å². The van der Waals surface area contributed by atoms with Gasteiger partial charge in [-0.2, -0.15) is 0 Å². The molecule has 0 aromatic carbocycles. The molecule has 0 amide bonds. The van der Waals surface area contributed by atoms with Crippen molar-refractivity contribution in [2.45, 2.75) is 103 Å². The van der Waals surface area contributed by atoms with E-state index in [9.17, 15) is 0 Å². The van der Waals surface area contributed by atoms with E-state index in [1.54, 1.807) is 6.33 Å². The van der Waals surface area contributed by atoms with Crippen LogP contribution in [0, 0.1) is 0 Å². The predicted octanol–water partition coefficient (Wildman–Crippen LogP) is 7.06. The van der Waals surface area contributed by atoms with Crippen LogP contribution >= 0.6 is 0 Å². The van der Waals surface area contributed by atoms with Gasteiger partial charge < -0.3 is 0 Å². The van der Waals surface area contributed by atoms with Crippen molar-refractivity contribution in [1.82, 2.24) is 9.97 Å². The Bertz CT molecular complexity index is 386. The molecule has 1 heterocycles. The van der Waals surface area contributed by atoms with Crippen LogP contribution in [-0.2, 0) is 6.42 Å². The lowest BCUT2D eigenvalue weighted by atomic mass is 10.1. The van der Waals surface area contributed by atoms with Crippen molar-refractivity contribution in [2.75, 3.05) is 0 Å². The van der Waals surface area contributed by atoms with Crippen molar-refractivity contribution in [3.8, 4) is 0 Å². The van der Waals surface area contributed by atoms with Crippen LogP contribution in [0.15, 0.2) is 30.7 Å². The summed E-state index contributed by atoms with van der Waals surface area (Å²) in [7, 11) is 0. The standard InChI is InChI=1S/C22H38N2/c1-2-3-4-5-6-7-8-9-10-11-12-13-14-15-16-17-18-22-19-20-23-21-24-22/h9-10,19-21H,2-8,11-18H2,1H3/b10-9-. The lowest BCUT2D eigenvalue weighted by Crippen LogP contribution is -1.90. The molecule has 0 aliphatic rings.